The second-order valence-corrected chi connectivity index (χ2v) is 4.18. The first-order chi connectivity index (χ1) is 8.09. The van der Waals surface area contributed by atoms with E-state index in [-0.39, 0.29) is 12.5 Å². The predicted octanol–water partition coefficient (Wildman–Crippen LogP) is 2.48. The molecule has 1 N–H and O–H groups in total. The molecule has 0 radical (unpaired) electrons. The second-order valence-electron chi connectivity index (χ2n) is 3.78. The van der Waals surface area contributed by atoms with Gasteiger partial charge < -0.3 is 4.74 Å². The molecule has 0 heterocycles. The number of benzene rings is 1. The van der Waals surface area contributed by atoms with Gasteiger partial charge in [0.2, 0.25) is 0 Å². The Kier molecular flexibility index (Phi) is 5.49. The number of amides is 1. The first-order valence-electron chi connectivity index (χ1n) is 5.29. The molecule has 0 unspecified atom stereocenters. The Bertz CT molecular complexity index is 405. The molecule has 17 heavy (non-hydrogen) atoms. The first kappa shape index (κ1) is 13.5. The van der Waals surface area contributed by atoms with Gasteiger partial charge in [-0.3, -0.25) is 4.79 Å². The molecular weight excluding hydrogens is 240 g/mol. The molecule has 0 fully saturated rings. The maximum Gasteiger partial charge on any atom is 0.277 e. The number of carbonyl (C=O) groups excluding carboxylic acids is 1. The van der Waals surface area contributed by atoms with E-state index >= 15 is 0 Å². The number of nitrogens with one attached hydrogen (secondary N) is 1. The number of hydrazone groups is 1. The standard InChI is InChI=1S/C12H15ClN2O2/c1-9(2)7-14-15-12(16)8-17-11-6-4-3-5-10(11)13/h3-7,9H,8H2,1-2H3,(H,15,16)/b14-7+. The van der Waals surface area contributed by atoms with E-state index in [1.54, 1.807) is 30.5 Å². The van der Waals surface area contributed by atoms with Gasteiger partial charge in [0.05, 0.1) is 5.02 Å². The van der Waals surface area contributed by atoms with Crippen molar-refractivity contribution in [1.82, 2.24) is 5.43 Å². The molecule has 92 valence electrons. The van der Waals surface area contributed by atoms with E-state index in [9.17, 15) is 4.79 Å². The lowest BCUT2D eigenvalue weighted by atomic mass is 10.3. The zero-order chi connectivity index (χ0) is 12.7. The average Bonchev–Trinajstić information content (AvgIpc) is 2.27. The number of hydrogen-bond donors (Lipinski definition) is 1. The lowest BCUT2D eigenvalue weighted by Gasteiger charge is -2.06. The molecule has 5 heteroatoms. The Morgan fingerprint density at radius 1 is 1.53 bits per heavy atom. The van der Waals surface area contributed by atoms with E-state index in [1.165, 1.54) is 0 Å². The summed E-state index contributed by atoms with van der Waals surface area (Å²) in [6.45, 7) is 3.82. The Labute approximate surface area is 106 Å². The van der Waals surface area contributed by atoms with Crippen molar-refractivity contribution in [2.45, 2.75) is 13.8 Å². The molecule has 0 bridgehead atoms. The zero-order valence-corrected chi connectivity index (χ0v) is 10.6. The minimum absolute atomic E-state index is 0.112. The summed E-state index contributed by atoms with van der Waals surface area (Å²) in [5.74, 6) is 0.457. The maximum atomic E-state index is 11.3. The molecule has 1 aromatic carbocycles. The smallest absolute Gasteiger partial charge is 0.277 e. The largest absolute Gasteiger partial charge is 0.482 e. The highest BCUT2D eigenvalue weighted by molar-refractivity contribution is 6.32. The number of hydrogen-bond acceptors (Lipinski definition) is 3. The third kappa shape index (κ3) is 5.36. The van der Waals surface area contributed by atoms with Crippen LogP contribution in [0.5, 0.6) is 5.75 Å². The van der Waals surface area contributed by atoms with Crippen molar-refractivity contribution in [1.29, 1.82) is 0 Å². The molecule has 0 saturated carbocycles. The minimum Gasteiger partial charge on any atom is -0.482 e. The van der Waals surface area contributed by atoms with Crippen LogP contribution in [0.4, 0.5) is 0 Å². The molecule has 4 nitrogen and oxygen atoms in total. The van der Waals surface area contributed by atoms with Gasteiger partial charge in [0.1, 0.15) is 5.75 Å². The summed E-state index contributed by atoms with van der Waals surface area (Å²) in [6, 6.07) is 6.98. The lowest BCUT2D eigenvalue weighted by Crippen LogP contribution is -2.24. The summed E-state index contributed by atoms with van der Waals surface area (Å²) in [5, 5.41) is 4.25. The van der Waals surface area contributed by atoms with E-state index in [0.29, 0.717) is 16.7 Å². The van der Waals surface area contributed by atoms with Crippen molar-refractivity contribution in [3.05, 3.63) is 29.3 Å². The van der Waals surface area contributed by atoms with Gasteiger partial charge in [0.25, 0.3) is 5.91 Å². The number of nitrogens with zero attached hydrogens (tertiary/aromatic N) is 1. The number of halogens is 1. The fourth-order valence-corrected chi connectivity index (χ4v) is 1.19. The number of rotatable bonds is 5. The van der Waals surface area contributed by atoms with E-state index in [2.05, 4.69) is 10.5 Å². The zero-order valence-electron chi connectivity index (χ0n) is 9.81. The Hall–Kier alpha value is -1.55. The minimum atomic E-state index is -0.318. The summed E-state index contributed by atoms with van der Waals surface area (Å²) >= 11 is 5.87. The summed E-state index contributed by atoms with van der Waals surface area (Å²) < 4.78 is 5.24. The van der Waals surface area contributed by atoms with Crippen LogP contribution in [-0.2, 0) is 4.79 Å². The Morgan fingerprint density at radius 2 is 2.24 bits per heavy atom. The van der Waals surface area contributed by atoms with Gasteiger partial charge in [-0.05, 0) is 18.1 Å². The molecule has 1 aromatic rings. The average molecular weight is 255 g/mol. The summed E-state index contributed by atoms with van der Waals surface area (Å²) in [4.78, 5) is 11.3. The number of para-hydroxylation sites is 1. The quantitative estimate of drug-likeness (QED) is 0.648. The fraction of sp³-hybridized carbons (Fsp3) is 0.333. The molecule has 0 aliphatic rings. The normalized spacial score (nSPS) is 10.8. The van der Waals surface area contributed by atoms with Gasteiger partial charge >= 0.3 is 0 Å². The molecule has 0 aromatic heterocycles. The van der Waals surface area contributed by atoms with Crippen LogP contribution >= 0.6 is 11.6 Å². The SMILES string of the molecule is CC(C)/C=N/NC(=O)COc1ccccc1Cl. The molecule has 1 rings (SSSR count). The molecule has 0 saturated heterocycles. The van der Waals surface area contributed by atoms with Gasteiger partial charge in [-0.1, -0.05) is 37.6 Å². The number of ether oxygens (including phenoxy) is 1. The maximum absolute atomic E-state index is 11.3. The van der Waals surface area contributed by atoms with Crippen LogP contribution in [0.15, 0.2) is 29.4 Å². The topological polar surface area (TPSA) is 50.7 Å². The van der Waals surface area contributed by atoms with Crippen LogP contribution in [0.3, 0.4) is 0 Å². The van der Waals surface area contributed by atoms with E-state index in [0.717, 1.165) is 0 Å². The third-order valence-corrected chi connectivity index (χ3v) is 2.07. The van der Waals surface area contributed by atoms with E-state index < -0.39 is 0 Å². The van der Waals surface area contributed by atoms with Gasteiger partial charge in [0.15, 0.2) is 6.61 Å². The summed E-state index contributed by atoms with van der Waals surface area (Å²) in [6.07, 6.45) is 1.65. The molecule has 1 amide bonds. The van der Waals surface area contributed by atoms with Crippen LogP contribution < -0.4 is 10.2 Å². The van der Waals surface area contributed by atoms with Crippen LogP contribution in [0.2, 0.25) is 5.02 Å². The lowest BCUT2D eigenvalue weighted by molar-refractivity contribution is -0.123. The summed E-state index contributed by atoms with van der Waals surface area (Å²) in [7, 11) is 0. The third-order valence-electron chi connectivity index (χ3n) is 1.76. The van der Waals surface area contributed by atoms with Crippen molar-refractivity contribution < 1.29 is 9.53 Å². The van der Waals surface area contributed by atoms with E-state index in [1.807, 2.05) is 13.8 Å². The first-order valence-corrected chi connectivity index (χ1v) is 5.66. The molecular formula is C12H15ClN2O2. The monoisotopic (exact) mass is 254 g/mol. The van der Waals surface area contributed by atoms with Crippen molar-refractivity contribution in [2.75, 3.05) is 6.61 Å². The van der Waals surface area contributed by atoms with Crippen LogP contribution in [-0.4, -0.2) is 18.7 Å². The summed E-state index contributed by atoms with van der Waals surface area (Å²) in [5.41, 5.74) is 2.37. The van der Waals surface area contributed by atoms with Crippen LogP contribution in [0, 0.1) is 5.92 Å². The second kappa shape index (κ2) is 6.91. The Morgan fingerprint density at radius 3 is 2.88 bits per heavy atom. The van der Waals surface area contributed by atoms with Gasteiger partial charge in [-0.25, -0.2) is 5.43 Å². The molecule has 0 atom stereocenters. The van der Waals surface area contributed by atoms with Gasteiger partial charge in [-0.2, -0.15) is 5.10 Å². The fourth-order valence-electron chi connectivity index (χ4n) is 0.996. The molecule has 0 aliphatic carbocycles. The van der Waals surface area contributed by atoms with Crippen LogP contribution in [0.25, 0.3) is 0 Å². The van der Waals surface area contributed by atoms with Crippen molar-refractivity contribution in [3.63, 3.8) is 0 Å². The molecule has 0 aliphatic heterocycles. The van der Waals surface area contributed by atoms with Gasteiger partial charge in [0, 0.05) is 6.21 Å². The molecule has 0 spiro atoms. The highest BCUT2D eigenvalue weighted by Crippen LogP contribution is 2.22. The van der Waals surface area contributed by atoms with Crippen molar-refractivity contribution in [3.8, 4) is 5.75 Å². The van der Waals surface area contributed by atoms with E-state index in [4.69, 9.17) is 16.3 Å². The highest BCUT2D eigenvalue weighted by Gasteiger charge is 2.03. The van der Waals surface area contributed by atoms with Crippen molar-refractivity contribution in [2.24, 2.45) is 11.0 Å². The van der Waals surface area contributed by atoms with Crippen LogP contribution in [0.1, 0.15) is 13.8 Å². The van der Waals surface area contributed by atoms with Crippen molar-refractivity contribution >= 4 is 23.7 Å². The van der Waals surface area contributed by atoms with Gasteiger partial charge in [-0.15, -0.1) is 0 Å². The number of carbonyl (C=O) groups is 1. The Balaban J connectivity index is 2.36. The predicted molar refractivity (Wildman–Crippen MR) is 68.4 cm³/mol. The highest BCUT2D eigenvalue weighted by atomic mass is 35.5.